The van der Waals surface area contributed by atoms with Crippen molar-refractivity contribution in [1.29, 1.82) is 0 Å². The lowest BCUT2D eigenvalue weighted by Gasteiger charge is -2.37. The van der Waals surface area contributed by atoms with Crippen molar-refractivity contribution >= 4 is 5.97 Å². The number of nitrogens with zero attached hydrogens (tertiary/aromatic N) is 1. The lowest BCUT2D eigenvalue weighted by molar-refractivity contribution is -0.929. The van der Waals surface area contributed by atoms with E-state index in [-0.39, 0.29) is 26.2 Å². The van der Waals surface area contributed by atoms with Gasteiger partial charge in [0.2, 0.25) is 0 Å². The number of carbonyl (C=O) groups excluding carboxylic acids is 1. The Morgan fingerprint density at radius 3 is 1.27 bits per heavy atom. The van der Waals surface area contributed by atoms with E-state index in [1.54, 1.807) is 0 Å². The summed E-state index contributed by atoms with van der Waals surface area (Å²) < 4.78 is 0.613. The first-order valence-electron chi connectivity index (χ1n) is 10.5. The van der Waals surface area contributed by atoms with Crippen molar-refractivity contribution in [3.8, 4) is 0 Å². The maximum atomic E-state index is 10.3. The Labute approximate surface area is 159 Å². The molecule has 0 fully saturated rings. The summed E-state index contributed by atoms with van der Waals surface area (Å²) in [6.07, 6.45) is 12.6. The molecular weight excluding hydrogens is 334 g/mol. The van der Waals surface area contributed by atoms with Crippen molar-refractivity contribution in [2.24, 2.45) is 0 Å². The number of rotatable bonds is 20. The topological polar surface area (TPSA) is 101 Å². The third-order valence-corrected chi connectivity index (χ3v) is 5.24. The Hall–Kier alpha value is -0.690. The normalized spacial score (nSPS) is 11.8. The van der Waals surface area contributed by atoms with E-state index in [0.717, 1.165) is 38.6 Å². The molecule has 0 spiro atoms. The number of unbranched alkanes of at least 4 members (excludes halogenated alkanes) is 10. The molecule has 0 aromatic heterocycles. The van der Waals surface area contributed by atoms with E-state index in [4.69, 9.17) is 0 Å². The fourth-order valence-electron chi connectivity index (χ4n) is 3.61. The minimum absolute atomic E-state index is 0.0905. The Balaban J connectivity index is 3.56. The summed E-state index contributed by atoms with van der Waals surface area (Å²) >= 11 is 0. The van der Waals surface area contributed by atoms with Crippen LogP contribution in [0.15, 0.2) is 0 Å². The molecule has 0 bridgehead atoms. The van der Waals surface area contributed by atoms with Gasteiger partial charge < -0.3 is 29.7 Å². The number of aliphatic hydroxyl groups is 3. The second kappa shape index (κ2) is 17.7. The SMILES string of the molecule is O=C([O-])CCCCCCCCCCCCC[N+](CCO)(CCO)CCO. The van der Waals surface area contributed by atoms with Gasteiger partial charge in [0.25, 0.3) is 0 Å². The molecule has 0 amide bonds. The maximum Gasteiger partial charge on any atom is 0.102 e. The zero-order valence-corrected chi connectivity index (χ0v) is 16.5. The molecule has 6 heteroatoms. The van der Waals surface area contributed by atoms with Gasteiger partial charge in [-0.2, -0.15) is 0 Å². The molecule has 0 radical (unpaired) electrons. The van der Waals surface area contributed by atoms with Gasteiger partial charge in [0.1, 0.15) is 19.6 Å². The highest BCUT2D eigenvalue weighted by Crippen LogP contribution is 2.14. The van der Waals surface area contributed by atoms with Gasteiger partial charge >= 0.3 is 0 Å². The van der Waals surface area contributed by atoms with Crippen molar-refractivity contribution in [1.82, 2.24) is 0 Å². The van der Waals surface area contributed by atoms with Crippen LogP contribution >= 0.6 is 0 Å². The van der Waals surface area contributed by atoms with Crippen LogP contribution in [0.25, 0.3) is 0 Å². The molecule has 6 nitrogen and oxygen atoms in total. The predicted octanol–water partition coefficient (Wildman–Crippen LogP) is 1.21. The smallest absolute Gasteiger partial charge is 0.102 e. The summed E-state index contributed by atoms with van der Waals surface area (Å²) in [7, 11) is 0. The molecule has 0 saturated heterocycles. The van der Waals surface area contributed by atoms with E-state index in [0.29, 0.717) is 24.1 Å². The number of quaternary nitrogens is 1. The van der Waals surface area contributed by atoms with Crippen molar-refractivity contribution in [3.63, 3.8) is 0 Å². The fraction of sp³-hybridized carbons (Fsp3) is 0.950. The molecule has 0 aromatic rings. The average molecular weight is 376 g/mol. The highest BCUT2D eigenvalue weighted by molar-refractivity contribution is 5.63. The first kappa shape index (κ1) is 25.3. The van der Waals surface area contributed by atoms with Gasteiger partial charge in [-0.1, -0.05) is 51.4 Å². The third-order valence-electron chi connectivity index (χ3n) is 5.24. The number of carboxylic acid groups (broad SMARTS) is 1. The minimum atomic E-state index is -0.940. The van der Waals surface area contributed by atoms with Crippen LogP contribution < -0.4 is 5.11 Å². The van der Waals surface area contributed by atoms with Gasteiger partial charge in [-0.05, 0) is 25.7 Å². The first-order valence-corrected chi connectivity index (χ1v) is 10.5. The summed E-state index contributed by atoms with van der Waals surface area (Å²) in [5, 5.41) is 38.1. The molecule has 0 heterocycles. The van der Waals surface area contributed by atoms with E-state index >= 15 is 0 Å². The number of hydrogen-bond acceptors (Lipinski definition) is 5. The summed E-state index contributed by atoms with van der Waals surface area (Å²) in [5.41, 5.74) is 0. The number of aliphatic carboxylic acids is 1. The van der Waals surface area contributed by atoms with E-state index in [1.807, 2.05) is 0 Å². The quantitative estimate of drug-likeness (QED) is 0.219. The number of aliphatic hydroxyl groups excluding tert-OH is 3. The molecule has 0 saturated carbocycles. The van der Waals surface area contributed by atoms with Gasteiger partial charge in [-0.3, -0.25) is 0 Å². The summed E-state index contributed by atoms with van der Waals surface area (Å²) in [6, 6.07) is 0. The van der Waals surface area contributed by atoms with Crippen LogP contribution in [0.3, 0.4) is 0 Å². The van der Waals surface area contributed by atoms with Crippen LogP contribution in [0.1, 0.15) is 77.0 Å². The second-order valence-electron chi connectivity index (χ2n) is 7.42. The van der Waals surface area contributed by atoms with Crippen LogP contribution in [-0.2, 0) is 4.79 Å². The van der Waals surface area contributed by atoms with Crippen LogP contribution in [0, 0.1) is 0 Å². The van der Waals surface area contributed by atoms with Gasteiger partial charge in [0.05, 0.1) is 26.4 Å². The van der Waals surface area contributed by atoms with Gasteiger partial charge in [-0.25, -0.2) is 0 Å². The zero-order chi connectivity index (χ0) is 19.5. The number of carbonyl (C=O) groups is 1. The van der Waals surface area contributed by atoms with E-state index < -0.39 is 5.97 Å². The van der Waals surface area contributed by atoms with Crippen molar-refractivity contribution in [2.45, 2.75) is 77.0 Å². The monoisotopic (exact) mass is 375 g/mol. The Bertz CT molecular complexity index is 308. The molecule has 0 aromatic carbocycles. The molecule has 3 N–H and O–H groups in total. The molecule has 0 atom stereocenters. The third kappa shape index (κ3) is 14.5. The average Bonchev–Trinajstić information content (AvgIpc) is 2.59. The van der Waals surface area contributed by atoms with Crippen LogP contribution in [0.4, 0.5) is 0 Å². The molecule has 0 aliphatic rings. The van der Waals surface area contributed by atoms with E-state index in [1.165, 1.54) is 38.5 Å². The second-order valence-corrected chi connectivity index (χ2v) is 7.42. The molecule has 0 aliphatic carbocycles. The van der Waals surface area contributed by atoms with E-state index in [9.17, 15) is 25.2 Å². The van der Waals surface area contributed by atoms with Gasteiger partial charge in [-0.15, -0.1) is 0 Å². The Morgan fingerprint density at radius 1 is 0.577 bits per heavy atom. The van der Waals surface area contributed by atoms with Crippen molar-refractivity contribution in [2.75, 3.05) is 46.0 Å². The standard InChI is InChI=1S/C20H41NO5/c22-17-14-21(15-18-23,16-19-24)13-11-9-7-5-3-1-2-4-6-8-10-12-20(25)26/h22-24H,1-19H2. The minimum Gasteiger partial charge on any atom is -0.550 e. The van der Waals surface area contributed by atoms with Crippen LogP contribution in [-0.4, -0.2) is 71.8 Å². The van der Waals surface area contributed by atoms with Crippen LogP contribution in [0.5, 0.6) is 0 Å². The fourth-order valence-corrected chi connectivity index (χ4v) is 3.61. The maximum absolute atomic E-state index is 10.3. The lowest BCUT2D eigenvalue weighted by atomic mass is 10.0. The first-order chi connectivity index (χ1) is 12.6. The predicted molar refractivity (Wildman–Crippen MR) is 101 cm³/mol. The molecule has 0 rings (SSSR count). The van der Waals surface area contributed by atoms with Crippen molar-refractivity contribution < 1.29 is 29.7 Å². The largest absolute Gasteiger partial charge is 0.550 e. The highest BCUT2D eigenvalue weighted by Gasteiger charge is 2.25. The Kier molecular flexibility index (Phi) is 17.2. The van der Waals surface area contributed by atoms with Gasteiger partial charge in [0, 0.05) is 5.97 Å². The summed E-state index contributed by atoms with van der Waals surface area (Å²) in [6.45, 7) is 2.99. The van der Waals surface area contributed by atoms with Crippen LogP contribution in [0.2, 0.25) is 0 Å². The van der Waals surface area contributed by atoms with Gasteiger partial charge in [0.15, 0.2) is 0 Å². The zero-order valence-electron chi connectivity index (χ0n) is 16.5. The molecule has 26 heavy (non-hydrogen) atoms. The lowest BCUT2D eigenvalue weighted by Crippen LogP contribution is -2.53. The Morgan fingerprint density at radius 2 is 0.923 bits per heavy atom. The number of hydrogen-bond donors (Lipinski definition) is 3. The highest BCUT2D eigenvalue weighted by atomic mass is 16.4. The molecule has 0 unspecified atom stereocenters. The number of carboxylic acids is 1. The molecule has 156 valence electrons. The van der Waals surface area contributed by atoms with E-state index in [2.05, 4.69) is 0 Å². The molecule has 0 aliphatic heterocycles. The van der Waals surface area contributed by atoms with Crippen molar-refractivity contribution in [3.05, 3.63) is 0 Å². The molecular formula is C20H41NO5. The summed E-state index contributed by atoms with van der Waals surface area (Å²) in [5.74, 6) is -0.940. The summed E-state index contributed by atoms with van der Waals surface area (Å²) in [4.78, 5) is 10.3.